The van der Waals surface area contributed by atoms with E-state index >= 15 is 4.39 Å². The Morgan fingerprint density at radius 1 is 1.18 bits per heavy atom. The smallest absolute Gasteiger partial charge is 0.354 e. The minimum absolute atomic E-state index is 0.0731. The summed E-state index contributed by atoms with van der Waals surface area (Å²) in [6, 6.07) is 14.2. The van der Waals surface area contributed by atoms with Gasteiger partial charge in [0.1, 0.15) is 5.65 Å². The minimum Gasteiger partial charge on any atom is -0.379 e. The molecule has 3 heterocycles. The Morgan fingerprint density at radius 2 is 1.98 bits per heavy atom. The molecule has 44 heavy (non-hydrogen) atoms. The van der Waals surface area contributed by atoms with Gasteiger partial charge in [0.2, 0.25) is 0 Å². The zero-order valence-electron chi connectivity index (χ0n) is 24.6. The van der Waals surface area contributed by atoms with Gasteiger partial charge in [0, 0.05) is 41.0 Å². The lowest BCUT2D eigenvalue weighted by molar-refractivity contribution is 0.320. The lowest BCUT2D eigenvalue weighted by atomic mass is 9.92. The fraction of sp³-hybridized carbons (Fsp3) is 0.424. The molecule has 6 rings (SSSR count). The van der Waals surface area contributed by atoms with Crippen molar-refractivity contribution in [3.05, 3.63) is 81.1 Å². The van der Waals surface area contributed by atoms with Gasteiger partial charge in [-0.1, -0.05) is 41.9 Å². The van der Waals surface area contributed by atoms with Crippen molar-refractivity contribution in [1.82, 2.24) is 19.9 Å². The predicted octanol–water partition coefficient (Wildman–Crippen LogP) is 6.43. The van der Waals surface area contributed by atoms with Crippen LogP contribution in [0.15, 0.2) is 53.5 Å². The lowest BCUT2D eigenvalue weighted by Crippen LogP contribution is -2.37. The quantitative estimate of drug-likeness (QED) is 0.0950. The molecule has 1 unspecified atom stereocenters. The first-order valence-corrected chi connectivity index (χ1v) is 16.8. The highest BCUT2D eigenvalue weighted by Gasteiger charge is 2.28. The highest BCUT2D eigenvalue weighted by Crippen LogP contribution is 2.35. The molecule has 1 saturated heterocycles. The number of aromatic nitrogens is 3. The maximum atomic E-state index is 15.2. The first kappa shape index (κ1) is 30.8. The molecule has 0 spiro atoms. The van der Waals surface area contributed by atoms with Gasteiger partial charge in [-0.05, 0) is 98.7 Å². The number of fused-ring (bicyclic) bond motifs is 1. The van der Waals surface area contributed by atoms with Crippen LogP contribution < -0.4 is 22.5 Å². The highest BCUT2D eigenvalue weighted by molar-refractivity contribution is 8.13. The molecule has 232 valence electrons. The molecular formula is C33H39ClFN7OS. The van der Waals surface area contributed by atoms with Gasteiger partial charge < -0.3 is 21.8 Å². The maximum Gasteiger partial charge on any atom is 0.354 e. The Bertz CT molecular complexity index is 1700. The Balaban J connectivity index is 1.18. The number of thioether (sulfide) groups is 1. The fourth-order valence-electron chi connectivity index (χ4n) is 6.30. The number of nitrogens with two attached hydrogens (primary N) is 2. The van der Waals surface area contributed by atoms with Gasteiger partial charge in [-0.25, -0.2) is 9.18 Å². The van der Waals surface area contributed by atoms with E-state index in [2.05, 4.69) is 27.4 Å². The van der Waals surface area contributed by atoms with Crippen LogP contribution in [0, 0.1) is 17.1 Å². The average Bonchev–Trinajstić information content (AvgIpc) is 3.78. The Hall–Kier alpha value is -3.18. The summed E-state index contributed by atoms with van der Waals surface area (Å²) in [5.74, 6) is 0.987. The molecule has 1 aliphatic heterocycles. The van der Waals surface area contributed by atoms with Crippen LogP contribution >= 0.6 is 23.4 Å². The summed E-state index contributed by atoms with van der Waals surface area (Å²) in [4.78, 5) is 20.4. The zero-order valence-corrected chi connectivity index (χ0v) is 26.2. The number of amidine groups is 1. The second-order valence-electron chi connectivity index (χ2n) is 12.2. The first-order chi connectivity index (χ1) is 21.2. The van der Waals surface area contributed by atoms with Gasteiger partial charge in [-0.2, -0.15) is 4.98 Å². The van der Waals surface area contributed by atoms with Crippen molar-refractivity contribution in [3.63, 3.8) is 0 Å². The normalized spacial score (nSPS) is 19.3. The van der Waals surface area contributed by atoms with Crippen molar-refractivity contribution >= 4 is 39.6 Å². The van der Waals surface area contributed by atoms with Gasteiger partial charge in [0.25, 0.3) is 0 Å². The Kier molecular flexibility index (Phi) is 9.42. The van der Waals surface area contributed by atoms with E-state index < -0.39 is 11.5 Å². The molecule has 4 aromatic rings. The predicted molar refractivity (Wildman–Crippen MR) is 178 cm³/mol. The van der Waals surface area contributed by atoms with Gasteiger partial charge >= 0.3 is 5.69 Å². The molecular weight excluding hydrogens is 597 g/mol. The van der Waals surface area contributed by atoms with Crippen molar-refractivity contribution in [2.75, 3.05) is 5.75 Å². The van der Waals surface area contributed by atoms with Crippen LogP contribution in [0.5, 0.6) is 0 Å². The second kappa shape index (κ2) is 13.4. The van der Waals surface area contributed by atoms with Gasteiger partial charge in [0.15, 0.2) is 11.0 Å². The SMILES string of the molecule is N=C(N)SCC[C@@H]1CCC[C@@H](c2ccc(-n3cc4cc(-c5cc(CCCC(N)C6CC6)cc(Cl)c5F)[nH]c4nc3=O)cc2)N1. The van der Waals surface area contributed by atoms with Gasteiger partial charge in [0.05, 0.1) is 16.4 Å². The molecule has 1 saturated carbocycles. The topological polar surface area (TPSA) is 139 Å². The first-order valence-electron chi connectivity index (χ1n) is 15.4. The van der Waals surface area contributed by atoms with Crippen LogP contribution in [0.3, 0.4) is 0 Å². The summed E-state index contributed by atoms with van der Waals surface area (Å²) in [6.45, 7) is 0. The zero-order chi connectivity index (χ0) is 30.8. The third-order valence-corrected chi connectivity index (χ3v) is 9.92. The van der Waals surface area contributed by atoms with Crippen LogP contribution in [0.4, 0.5) is 4.39 Å². The molecule has 1 aliphatic carbocycles. The van der Waals surface area contributed by atoms with Gasteiger partial charge in [-0.3, -0.25) is 9.98 Å². The number of piperidine rings is 1. The van der Waals surface area contributed by atoms with Crippen LogP contribution in [-0.4, -0.2) is 37.5 Å². The van der Waals surface area contributed by atoms with Crippen molar-refractivity contribution < 1.29 is 4.39 Å². The summed E-state index contributed by atoms with van der Waals surface area (Å²) in [5.41, 5.74) is 15.4. The number of rotatable bonds is 11. The summed E-state index contributed by atoms with van der Waals surface area (Å²) in [6.07, 6.45) is 11.1. The molecule has 7 N–H and O–H groups in total. The fourth-order valence-corrected chi connectivity index (χ4v) is 7.16. The average molecular weight is 636 g/mol. The van der Waals surface area contributed by atoms with Crippen LogP contribution in [-0.2, 0) is 6.42 Å². The van der Waals surface area contributed by atoms with E-state index in [1.165, 1.54) is 34.7 Å². The summed E-state index contributed by atoms with van der Waals surface area (Å²) in [7, 11) is 0. The second-order valence-corrected chi connectivity index (χ2v) is 13.7. The Labute approximate surface area is 265 Å². The largest absolute Gasteiger partial charge is 0.379 e. The number of H-pyrrole nitrogens is 1. The molecule has 8 nitrogen and oxygen atoms in total. The number of hydrogen-bond donors (Lipinski definition) is 5. The van der Waals surface area contributed by atoms with Crippen LogP contribution in [0.2, 0.25) is 5.02 Å². The van der Waals surface area contributed by atoms with Crippen molar-refractivity contribution in [3.8, 4) is 16.9 Å². The number of nitrogens with zero attached hydrogens (tertiary/aromatic N) is 2. The minimum atomic E-state index is -0.501. The van der Waals surface area contributed by atoms with Crippen molar-refractivity contribution in [2.24, 2.45) is 17.4 Å². The third-order valence-electron chi connectivity index (χ3n) is 8.90. The number of nitrogens with one attached hydrogen (secondary N) is 3. The summed E-state index contributed by atoms with van der Waals surface area (Å²) in [5, 5.41) is 12.1. The van der Waals surface area contributed by atoms with E-state index in [0.29, 0.717) is 39.9 Å². The highest BCUT2D eigenvalue weighted by atomic mass is 35.5. The molecule has 3 atom stereocenters. The van der Waals surface area contributed by atoms with Gasteiger partial charge in [-0.15, -0.1) is 0 Å². The Morgan fingerprint density at radius 3 is 2.73 bits per heavy atom. The van der Waals surface area contributed by atoms with Crippen LogP contribution in [0.25, 0.3) is 28.0 Å². The van der Waals surface area contributed by atoms with E-state index in [1.54, 1.807) is 12.3 Å². The van der Waals surface area contributed by atoms with Crippen molar-refractivity contribution in [2.45, 2.75) is 75.9 Å². The molecule has 2 aliphatic rings. The van der Waals surface area contributed by atoms with E-state index in [9.17, 15) is 4.79 Å². The summed E-state index contributed by atoms with van der Waals surface area (Å²) >= 11 is 7.69. The van der Waals surface area contributed by atoms with E-state index in [0.717, 1.165) is 56.3 Å². The molecule has 2 aromatic carbocycles. The van der Waals surface area contributed by atoms with Crippen LogP contribution in [0.1, 0.15) is 68.5 Å². The van der Waals surface area contributed by atoms with E-state index in [4.69, 9.17) is 28.5 Å². The number of aromatic amines is 1. The number of hydrogen-bond acceptors (Lipinski definition) is 6. The molecule has 11 heteroatoms. The van der Waals surface area contributed by atoms with Crippen molar-refractivity contribution in [1.29, 1.82) is 5.41 Å². The summed E-state index contributed by atoms with van der Waals surface area (Å²) < 4.78 is 16.7. The monoisotopic (exact) mass is 635 g/mol. The molecule has 2 fully saturated rings. The lowest BCUT2D eigenvalue weighted by Gasteiger charge is -2.31. The molecule has 0 bridgehead atoms. The standard InChI is InChI=1S/C33H39ClFN7OS/c34-26-16-19(3-1-5-27(36)20-7-8-20)15-25(30(26)35)29-17-22-18-42(33(43)41-31(22)40-29)24-11-9-21(10-12-24)28-6-2-4-23(39-28)13-14-44-32(37)38/h9-12,15-18,20,23,27-28,39H,1-8,13-14,36H2,(H3,37,38)(H,40,41,43)/t23-,27?,28-/m0/s1. The maximum absolute atomic E-state index is 15.2. The molecule has 0 amide bonds. The molecule has 0 radical (unpaired) electrons. The third kappa shape index (κ3) is 7.20. The van der Waals surface area contributed by atoms with E-state index in [1.807, 2.05) is 24.3 Å². The van der Waals surface area contributed by atoms with E-state index in [-0.39, 0.29) is 22.3 Å². The number of aryl methyl sites for hydroxylation is 1. The number of benzene rings is 2. The number of halogens is 2. The molecule has 2 aromatic heterocycles.